The largest absolute Gasteiger partial charge is 0.477 e. The molecule has 0 aliphatic carbocycles. The van der Waals surface area contributed by atoms with Gasteiger partial charge in [0.2, 0.25) is 5.91 Å². The van der Waals surface area contributed by atoms with Gasteiger partial charge in [-0.05, 0) is 25.2 Å². The third-order valence-corrected chi connectivity index (χ3v) is 9.73. The van der Waals surface area contributed by atoms with Gasteiger partial charge in [0, 0.05) is 11.5 Å². The Morgan fingerprint density at radius 1 is 1.36 bits per heavy atom. The topological polar surface area (TPSA) is 100 Å². The van der Waals surface area contributed by atoms with Crippen molar-refractivity contribution in [3.63, 3.8) is 0 Å². The smallest absolute Gasteiger partial charge is 0.352 e. The number of hydrogen-bond donors (Lipinski definition) is 2. The van der Waals surface area contributed by atoms with Crippen molar-refractivity contribution in [2.75, 3.05) is 11.5 Å². The minimum Gasteiger partial charge on any atom is -0.477 e. The zero-order valence-corrected chi connectivity index (χ0v) is 20.6. The average Bonchev–Trinajstić information content (AvgIpc) is 3.05. The number of nitrogens with one attached hydrogen (secondary N) is 1. The van der Waals surface area contributed by atoms with Crippen LogP contribution < -0.4 is 4.98 Å². The summed E-state index contributed by atoms with van der Waals surface area (Å²) in [7, 11) is -3.33. The molecule has 1 fully saturated rings. The summed E-state index contributed by atoms with van der Waals surface area (Å²) in [4.78, 5) is 29.6. The first-order valence-corrected chi connectivity index (χ1v) is 18.1. The molecule has 1 aromatic heterocycles. The van der Waals surface area contributed by atoms with E-state index in [9.17, 15) is 14.7 Å². The summed E-state index contributed by atoms with van der Waals surface area (Å²) in [5.74, 6) is -0.0396. The number of β-lactam (4-membered cyclic amide) rings is 1. The molecule has 28 heavy (non-hydrogen) atoms. The van der Waals surface area contributed by atoms with Crippen molar-refractivity contribution in [2.24, 2.45) is 0 Å². The van der Waals surface area contributed by atoms with Gasteiger partial charge in [-0.15, -0.1) is 28.6 Å². The average molecular weight is 458 g/mol. The number of aromatic nitrogens is 3. The van der Waals surface area contributed by atoms with Crippen LogP contribution in [-0.4, -0.2) is 75.9 Å². The second kappa shape index (κ2) is 7.63. The molecule has 0 spiro atoms. The molecule has 1 aromatic rings. The number of amides is 1. The van der Waals surface area contributed by atoms with Crippen molar-refractivity contribution in [3.8, 4) is 0 Å². The van der Waals surface area contributed by atoms with Crippen LogP contribution in [0.1, 0.15) is 0 Å². The third kappa shape index (κ3) is 4.25. The predicted molar refractivity (Wildman–Crippen MR) is 118 cm³/mol. The summed E-state index contributed by atoms with van der Waals surface area (Å²) in [5, 5.41) is 18.8. The van der Waals surface area contributed by atoms with Crippen molar-refractivity contribution < 1.29 is 14.7 Å². The quantitative estimate of drug-likeness (QED) is 0.365. The Labute approximate surface area is 175 Å². The lowest BCUT2D eigenvalue weighted by Gasteiger charge is -2.51. The van der Waals surface area contributed by atoms with Gasteiger partial charge < -0.3 is 10.1 Å². The fraction of sp³-hybridized carbons (Fsp3) is 0.625. The molecule has 1 amide bonds. The van der Waals surface area contributed by atoms with E-state index < -0.39 is 22.4 Å². The number of rotatable bonds is 7. The number of carbonyl (C=O) groups excluding carboxylic acids is 1. The van der Waals surface area contributed by atoms with Gasteiger partial charge in [0.25, 0.3) is 0 Å². The molecule has 1 saturated heterocycles. The fourth-order valence-electron chi connectivity index (χ4n) is 3.21. The number of hydrogen-bond acceptors (Lipinski definition) is 7. The van der Waals surface area contributed by atoms with Gasteiger partial charge in [-0.1, -0.05) is 24.9 Å². The van der Waals surface area contributed by atoms with E-state index in [4.69, 9.17) is 0 Å². The molecule has 2 aliphatic rings. The van der Waals surface area contributed by atoms with Crippen LogP contribution in [0.4, 0.5) is 0 Å². The van der Waals surface area contributed by atoms with E-state index in [-0.39, 0.29) is 23.0 Å². The summed E-state index contributed by atoms with van der Waals surface area (Å²) in [6.07, 6.45) is 1.73. The third-order valence-electron chi connectivity index (χ3n) is 4.39. The molecule has 3 heterocycles. The maximum Gasteiger partial charge on any atom is 0.352 e. The molecule has 1 unspecified atom stereocenters. The van der Waals surface area contributed by atoms with Gasteiger partial charge in [-0.3, -0.25) is 14.0 Å². The number of nitrogens with zero attached hydrogens (tertiary/aromatic N) is 4. The molecule has 0 aromatic carbocycles. The first-order chi connectivity index (χ1) is 12.9. The molecule has 12 heteroatoms. The number of aliphatic carboxylic acids is 1. The van der Waals surface area contributed by atoms with Gasteiger partial charge in [0.15, 0.2) is 8.24 Å². The Morgan fingerprint density at radius 3 is 2.61 bits per heavy atom. The van der Waals surface area contributed by atoms with Crippen molar-refractivity contribution in [3.05, 3.63) is 17.5 Å². The van der Waals surface area contributed by atoms with Crippen molar-refractivity contribution >= 4 is 51.9 Å². The van der Waals surface area contributed by atoms with Gasteiger partial charge in [0.1, 0.15) is 30.4 Å². The lowest BCUT2D eigenvalue weighted by atomic mass is 10.0. The van der Waals surface area contributed by atoms with Crippen molar-refractivity contribution in [1.82, 2.24) is 24.5 Å². The highest BCUT2D eigenvalue weighted by molar-refractivity contribution is 8.01. The molecular weight excluding hydrogens is 431 g/mol. The summed E-state index contributed by atoms with van der Waals surface area (Å²) in [6.45, 7) is 13.0. The lowest BCUT2D eigenvalue weighted by molar-refractivity contribution is -0.148. The van der Waals surface area contributed by atoms with E-state index in [2.05, 4.69) is 54.6 Å². The maximum atomic E-state index is 12.7. The molecule has 2 aliphatic heterocycles. The van der Waals surface area contributed by atoms with E-state index in [1.165, 1.54) is 16.7 Å². The standard InChI is InChI=1S/C16H27N5O3S2Si2/c1-27(2,3)18-12-14(22)20-13(16(23)24)10(9-26-15(12)20)8-25-11-7-17-19-21(11)28(4,5)6/h7,12,15,18H,8-9H2,1-6H3,(H,23,24)/t12?,15-/m0/s1. The van der Waals surface area contributed by atoms with E-state index in [0.717, 1.165) is 10.6 Å². The van der Waals surface area contributed by atoms with Crippen LogP contribution in [0.5, 0.6) is 0 Å². The van der Waals surface area contributed by atoms with Crippen molar-refractivity contribution in [1.29, 1.82) is 0 Å². The number of thioether (sulfide) groups is 2. The second-order valence-corrected chi connectivity index (χ2v) is 20.6. The minimum absolute atomic E-state index is 0.131. The Bertz CT molecular complexity index is 831. The Morgan fingerprint density at radius 2 is 2.04 bits per heavy atom. The van der Waals surface area contributed by atoms with Crippen LogP contribution in [0.25, 0.3) is 0 Å². The second-order valence-electron chi connectivity index (χ2n) is 8.98. The molecule has 3 rings (SSSR count). The fourth-order valence-corrected chi connectivity index (χ4v) is 8.92. The Hall–Kier alpha value is -1.09. The lowest BCUT2D eigenvalue weighted by Crippen LogP contribution is -2.73. The summed E-state index contributed by atoms with van der Waals surface area (Å²) in [6, 6.07) is -0.280. The number of carboxylic acids is 1. The van der Waals surface area contributed by atoms with Gasteiger partial charge in [-0.25, -0.2) is 4.79 Å². The zero-order valence-electron chi connectivity index (χ0n) is 17.0. The van der Waals surface area contributed by atoms with Crippen molar-refractivity contribution in [2.45, 2.75) is 55.7 Å². The summed E-state index contributed by atoms with van der Waals surface area (Å²) in [5.41, 5.74) is 0.934. The number of fused-ring (bicyclic) bond motifs is 1. The highest BCUT2D eigenvalue weighted by Crippen LogP contribution is 2.42. The van der Waals surface area contributed by atoms with Crippen LogP contribution in [0.15, 0.2) is 22.5 Å². The molecule has 8 nitrogen and oxygen atoms in total. The van der Waals surface area contributed by atoms with Gasteiger partial charge in [-0.2, -0.15) is 0 Å². The first-order valence-electron chi connectivity index (χ1n) is 9.12. The minimum atomic E-state index is -1.69. The SMILES string of the molecule is C[Si](C)(C)NC1C(=O)N2C(C(=O)O)=C(CSc3cnnn3[Si](C)(C)C)CS[C@@H]12. The molecular formula is C16H27N5O3S2Si2. The molecule has 0 bridgehead atoms. The highest BCUT2D eigenvalue weighted by Gasteiger charge is 2.54. The van der Waals surface area contributed by atoms with E-state index in [0.29, 0.717) is 11.5 Å². The summed E-state index contributed by atoms with van der Waals surface area (Å²) < 4.78 is 1.97. The first kappa shape index (κ1) is 21.6. The highest BCUT2D eigenvalue weighted by atomic mass is 32.2. The molecule has 0 saturated carbocycles. The monoisotopic (exact) mass is 457 g/mol. The van der Waals surface area contributed by atoms with Gasteiger partial charge in [0.05, 0.1) is 6.20 Å². The van der Waals surface area contributed by atoms with E-state index in [1.54, 1.807) is 18.0 Å². The van der Waals surface area contributed by atoms with Crippen LogP contribution in [-0.2, 0) is 9.59 Å². The Kier molecular flexibility index (Phi) is 5.89. The molecule has 154 valence electrons. The number of carbonyl (C=O) groups is 2. The number of carboxylic acid groups (broad SMARTS) is 1. The van der Waals surface area contributed by atoms with Gasteiger partial charge >= 0.3 is 5.97 Å². The van der Waals surface area contributed by atoms with Crippen LogP contribution in [0, 0.1) is 0 Å². The van der Waals surface area contributed by atoms with Crippen LogP contribution in [0.2, 0.25) is 39.3 Å². The molecule has 0 radical (unpaired) electrons. The summed E-state index contributed by atoms with van der Waals surface area (Å²) >= 11 is 3.18. The molecule has 2 N–H and O–H groups in total. The predicted octanol–water partition coefficient (Wildman–Crippen LogP) is 2.10. The van der Waals surface area contributed by atoms with E-state index in [1.807, 2.05) is 4.35 Å². The van der Waals surface area contributed by atoms with E-state index >= 15 is 0 Å². The maximum absolute atomic E-state index is 12.7. The molecule has 2 atom stereocenters. The van der Waals surface area contributed by atoms with Crippen LogP contribution in [0.3, 0.4) is 0 Å². The Balaban J connectivity index is 1.79. The normalized spacial score (nSPS) is 22.9. The zero-order chi connectivity index (χ0) is 20.9. The van der Waals surface area contributed by atoms with Crippen LogP contribution >= 0.6 is 23.5 Å².